The van der Waals surface area contributed by atoms with Crippen LogP contribution in [-0.2, 0) is 9.53 Å². The number of hydrogen-bond acceptors (Lipinski definition) is 3. The van der Waals surface area contributed by atoms with Crippen molar-refractivity contribution < 1.29 is 14.6 Å². The molecule has 2 bridgehead atoms. The molecule has 66 valence electrons. The zero-order valence-electron chi connectivity index (χ0n) is 6.56. The number of rotatable bonds is 2. The largest absolute Gasteiger partial charge is 0.481 e. The van der Waals surface area contributed by atoms with Crippen LogP contribution in [0.25, 0.3) is 0 Å². The van der Waals surface area contributed by atoms with Gasteiger partial charge in [-0.1, -0.05) is 12.2 Å². The molecule has 0 aromatic heterocycles. The van der Waals surface area contributed by atoms with Crippen LogP contribution in [0.1, 0.15) is 6.42 Å². The fourth-order valence-electron chi connectivity index (χ4n) is 1.91. The number of carboxylic acids is 1. The average Bonchev–Trinajstić information content (AvgIpc) is 2.62. The molecule has 0 saturated carbocycles. The van der Waals surface area contributed by atoms with Gasteiger partial charge in [0.15, 0.2) is 0 Å². The van der Waals surface area contributed by atoms with Crippen LogP contribution in [0.15, 0.2) is 12.2 Å². The molecular weight excluding hydrogens is 158 g/mol. The molecular formula is C8H11NO3. The molecule has 2 aliphatic rings. The van der Waals surface area contributed by atoms with Gasteiger partial charge in [0, 0.05) is 6.54 Å². The van der Waals surface area contributed by atoms with E-state index < -0.39 is 11.4 Å². The van der Waals surface area contributed by atoms with Crippen molar-refractivity contribution in [3.63, 3.8) is 0 Å². The predicted octanol–water partition coefficient (Wildman–Crippen LogP) is -0.257. The Morgan fingerprint density at radius 3 is 2.75 bits per heavy atom. The van der Waals surface area contributed by atoms with E-state index in [4.69, 9.17) is 15.6 Å². The van der Waals surface area contributed by atoms with Crippen LogP contribution in [0, 0.1) is 5.41 Å². The second-order valence-electron chi connectivity index (χ2n) is 3.35. The molecule has 3 N–H and O–H groups in total. The molecule has 12 heavy (non-hydrogen) atoms. The third-order valence-electron chi connectivity index (χ3n) is 2.72. The van der Waals surface area contributed by atoms with Crippen molar-refractivity contribution in [1.29, 1.82) is 0 Å². The Kier molecular flexibility index (Phi) is 1.49. The lowest BCUT2D eigenvalue weighted by molar-refractivity contribution is -0.150. The highest BCUT2D eigenvalue weighted by Gasteiger charge is 2.54. The van der Waals surface area contributed by atoms with Gasteiger partial charge in [-0.05, 0) is 6.42 Å². The van der Waals surface area contributed by atoms with E-state index in [0.717, 1.165) is 0 Å². The molecule has 3 atom stereocenters. The maximum atomic E-state index is 11.0. The minimum Gasteiger partial charge on any atom is -0.481 e. The third kappa shape index (κ3) is 0.763. The van der Waals surface area contributed by atoms with E-state index in [0.29, 0.717) is 6.42 Å². The molecule has 1 saturated heterocycles. The second-order valence-corrected chi connectivity index (χ2v) is 3.35. The lowest BCUT2D eigenvalue weighted by Crippen LogP contribution is -2.45. The van der Waals surface area contributed by atoms with Gasteiger partial charge in [-0.2, -0.15) is 0 Å². The van der Waals surface area contributed by atoms with Crippen molar-refractivity contribution in [2.75, 3.05) is 6.54 Å². The smallest absolute Gasteiger partial charge is 0.314 e. The van der Waals surface area contributed by atoms with Crippen molar-refractivity contribution in [3.05, 3.63) is 12.2 Å². The number of nitrogens with two attached hydrogens (primary N) is 1. The maximum absolute atomic E-state index is 11.0. The van der Waals surface area contributed by atoms with Crippen LogP contribution in [0.3, 0.4) is 0 Å². The van der Waals surface area contributed by atoms with Gasteiger partial charge in [0.2, 0.25) is 0 Å². The molecule has 4 heteroatoms. The standard InChI is InChI=1S/C8H11NO3/c9-4-8(7(10)11)3-5-1-2-6(8)12-5/h1-2,5-6H,3-4,9H2,(H,10,11). The van der Waals surface area contributed by atoms with Crippen LogP contribution < -0.4 is 5.73 Å². The van der Waals surface area contributed by atoms with E-state index in [1.807, 2.05) is 6.08 Å². The van der Waals surface area contributed by atoms with Crippen molar-refractivity contribution in [1.82, 2.24) is 0 Å². The zero-order valence-corrected chi connectivity index (χ0v) is 6.56. The summed E-state index contributed by atoms with van der Waals surface area (Å²) >= 11 is 0. The summed E-state index contributed by atoms with van der Waals surface area (Å²) in [6.07, 6.45) is 3.87. The highest BCUT2D eigenvalue weighted by Crippen LogP contribution is 2.43. The highest BCUT2D eigenvalue weighted by molar-refractivity contribution is 5.77. The molecule has 4 nitrogen and oxygen atoms in total. The molecule has 2 heterocycles. The lowest BCUT2D eigenvalue weighted by atomic mass is 9.77. The van der Waals surface area contributed by atoms with Gasteiger partial charge in [0.1, 0.15) is 5.41 Å². The average molecular weight is 169 g/mol. The van der Waals surface area contributed by atoms with Gasteiger partial charge in [-0.3, -0.25) is 4.79 Å². The summed E-state index contributed by atoms with van der Waals surface area (Å²) in [4.78, 5) is 11.0. The van der Waals surface area contributed by atoms with Crippen LogP contribution in [0.2, 0.25) is 0 Å². The molecule has 0 spiro atoms. The Labute approximate surface area is 70.0 Å². The second kappa shape index (κ2) is 2.31. The van der Waals surface area contributed by atoms with Crippen molar-refractivity contribution in [2.24, 2.45) is 11.1 Å². The molecule has 3 unspecified atom stereocenters. The van der Waals surface area contributed by atoms with E-state index in [1.54, 1.807) is 6.08 Å². The molecule has 2 aliphatic heterocycles. The molecule has 0 amide bonds. The Morgan fingerprint density at radius 1 is 1.75 bits per heavy atom. The van der Waals surface area contributed by atoms with E-state index in [9.17, 15) is 4.79 Å². The van der Waals surface area contributed by atoms with Crippen molar-refractivity contribution in [2.45, 2.75) is 18.6 Å². The van der Waals surface area contributed by atoms with Gasteiger partial charge in [0.25, 0.3) is 0 Å². The molecule has 0 aromatic carbocycles. The van der Waals surface area contributed by atoms with Gasteiger partial charge >= 0.3 is 5.97 Å². The maximum Gasteiger partial charge on any atom is 0.314 e. The highest BCUT2D eigenvalue weighted by atomic mass is 16.5. The quantitative estimate of drug-likeness (QED) is 0.559. The van der Waals surface area contributed by atoms with Gasteiger partial charge in [-0.25, -0.2) is 0 Å². The first-order valence-corrected chi connectivity index (χ1v) is 3.96. The minimum atomic E-state index is -0.862. The van der Waals surface area contributed by atoms with E-state index in [-0.39, 0.29) is 18.8 Å². The van der Waals surface area contributed by atoms with Gasteiger partial charge in [0.05, 0.1) is 12.2 Å². The monoisotopic (exact) mass is 169 g/mol. The summed E-state index contributed by atoms with van der Waals surface area (Å²) in [5.74, 6) is -0.846. The Bertz CT molecular complexity index is 251. The third-order valence-corrected chi connectivity index (χ3v) is 2.72. The Hall–Kier alpha value is -0.870. The minimum absolute atomic E-state index is 0.0327. The first kappa shape index (κ1) is 7.76. The van der Waals surface area contributed by atoms with Gasteiger partial charge in [-0.15, -0.1) is 0 Å². The Balaban J connectivity index is 2.31. The first-order chi connectivity index (χ1) is 5.69. The number of hydrogen-bond donors (Lipinski definition) is 2. The van der Waals surface area contributed by atoms with Crippen LogP contribution in [0.4, 0.5) is 0 Å². The Morgan fingerprint density at radius 2 is 2.50 bits per heavy atom. The number of carbonyl (C=O) groups is 1. The topological polar surface area (TPSA) is 72.6 Å². The molecule has 0 aromatic rings. The summed E-state index contributed by atoms with van der Waals surface area (Å²) < 4.78 is 5.37. The van der Waals surface area contributed by atoms with Crippen LogP contribution >= 0.6 is 0 Å². The number of aliphatic carboxylic acids is 1. The van der Waals surface area contributed by atoms with Crippen molar-refractivity contribution >= 4 is 5.97 Å². The van der Waals surface area contributed by atoms with E-state index >= 15 is 0 Å². The van der Waals surface area contributed by atoms with Gasteiger partial charge < -0.3 is 15.6 Å². The summed E-state index contributed by atoms with van der Waals surface area (Å²) in [7, 11) is 0. The summed E-state index contributed by atoms with van der Waals surface area (Å²) in [5, 5.41) is 8.99. The molecule has 0 aliphatic carbocycles. The summed E-state index contributed by atoms with van der Waals surface area (Å²) in [6.45, 7) is 0.147. The van der Waals surface area contributed by atoms with Crippen LogP contribution in [0.5, 0.6) is 0 Å². The molecule has 1 fully saturated rings. The number of carboxylic acid groups (broad SMARTS) is 1. The van der Waals surface area contributed by atoms with Crippen LogP contribution in [-0.4, -0.2) is 29.8 Å². The zero-order chi connectivity index (χ0) is 8.77. The fourth-order valence-corrected chi connectivity index (χ4v) is 1.91. The summed E-state index contributed by atoms with van der Waals surface area (Å²) in [6, 6.07) is 0. The first-order valence-electron chi connectivity index (χ1n) is 3.96. The predicted molar refractivity (Wildman–Crippen MR) is 41.5 cm³/mol. The van der Waals surface area contributed by atoms with E-state index in [2.05, 4.69) is 0 Å². The number of ether oxygens (including phenoxy) is 1. The number of fused-ring (bicyclic) bond motifs is 2. The van der Waals surface area contributed by atoms with E-state index in [1.165, 1.54) is 0 Å². The fraction of sp³-hybridized carbons (Fsp3) is 0.625. The normalized spacial score (nSPS) is 43.8. The molecule has 2 rings (SSSR count). The lowest BCUT2D eigenvalue weighted by Gasteiger charge is -2.26. The SMILES string of the molecule is NCC1(C(=O)O)CC2C=CC1O2. The summed E-state index contributed by atoms with van der Waals surface area (Å²) in [5.41, 5.74) is 4.60. The van der Waals surface area contributed by atoms with Crippen molar-refractivity contribution in [3.8, 4) is 0 Å². The molecule has 0 radical (unpaired) electrons.